The van der Waals surface area contributed by atoms with Crippen molar-refractivity contribution in [2.24, 2.45) is 5.16 Å². The molecule has 2 saturated carbocycles. The van der Waals surface area contributed by atoms with Crippen molar-refractivity contribution in [3.8, 4) is 0 Å². The molecule has 0 atom stereocenters. The first kappa shape index (κ1) is 17.9. The third kappa shape index (κ3) is 7.40. The maximum absolute atomic E-state index is 8.35. The Morgan fingerprint density at radius 1 is 1.06 bits per heavy atom. The second kappa shape index (κ2) is 10.8. The van der Waals surface area contributed by atoms with Gasteiger partial charge in [0, 0.05) is 18.4 Å². The second-order valence-electron chi connectivity index (χ2n) is 3.95. The summed E-state index contributed by atoms with van der Waals surface area (Å²) in [5, 5.41) is 11.4. The average Bonchev–Trinajstić information content (AvgIpc) is 2.92. The van der Waals surface area contributed by atoms with Crippen LogP contribution in [0.2, 0.25) is 0 Å². The molecule has 0 bridgehead atoms. The van der Waals surface area contributed by atoms with Crippen LogP contribution in [0.5, 0.6) is 0 Å². The Morgan fingerprint density at radius 3 is 2.06 bits per heavy atom. The van der Waals surface area contributed by atoms with E-state index >= 15 is 0 Å². The van der Waals surface area contributed by atoms with E-state index in [1.54, 1.807) is 0 Å². The SMILES string of the molecule is CN(C)C[C]1[CH][CH][CH][C]1/C=N/O.[CH]1[CH][CH][CH][CH]1.[Fe+2]. The molecule has 96 valence electrons. The largest absolute Gasteiger partial charge is 2.00 e. The van der Waals surface area contributed by atoms with E-state index in [1.165, 1.54) is 12.1 Å². The van der Waals surface area contributed by atoms with Crippen LogP contribution in [0, 0.1) is 63.2 Å². The average molecular weight is 286 g/mol. The predicted molar refractivity (Wildman–Crippen MR) is 69.7 cm³/mol. The van der Waals surface area contributed by atoms with Crippen LogP contribution < -0.4 is 0 Å². The molecule has 0 amide bonds. The fourth-order valence-electron chi connectivity index (χ4n) is 1.46. The summed E-state index contributed by atoms with van der Waals surface area (Å²) in [4.78, 5) is 2.07. The first-order valence-electron chi connectivity index (χ1n) is 5.47. The topological polar surface area (TPSA) is 35.8 Å². The van der Waals surface area contributed by atoms with E-state index in [1.807, 2.05) is 65.5 Å². The number of nitrogens with zero attached hydrogens (tertiary/aromatic N) is 2. The van der Waals surface area contributed by atoms with Gasteiger partial charge in [-0.05, 0) is 65.5 Å². The smallest absolute Gasteiger partial charge is 0.411 e. The molecule has 0 aliphatic heterocycles. The van der Waals surface area contributed by atoms with E-state index in [0.717, 1.165) is 12.5 Å². The van der Waals surface area contributed by atoms with E-state index in [2.05, 4.69) is 10.1 Å². The van der Waals surface area contributed by atoms with Crippen molar-refractivity contribution in [2.45, 2.75) is 0 Å². The minimum Gasteiger partial charge on any atom is -0.411 e. The Labute approximate surface area is 122 Å². The number of hydrogen-bond donors (Lipinski definition) is 1. The van der Waals surface area contributed by atoms with Gasteiger partial charge in [0.15, 0.2) is 0 Å². The van der Waals surface area contributed by atoms with Crippen molar-refractivity contribution in [1.82, 2.24) is 4.90 Å². The van der Waals surface area contributed by atoms with Crippen LogP contribution in [-0.4, -0.2) is 37.0 Å². The molecule has 0 saturated heterocycles. The first-order chi connectivity index (χ1) is 8.24. The van der Waals surface area contributed by atoms with Gasteiger partial charge in [-0.25, -0.2) is 0 Å². The van der Waals surface area contributed by atoms with Crippen LogP contribution in [0.3, 0.4) is 0 Å². The van der Waals surface area contributed by atoms with Crippen molar-refractivity contribution in [3.05, 3.63) is 63.2 Å². The Hall–Kier alpha value is -0.0505. The van der Waals surface area contributed by atoms with Gasteiger partial charge in [0.25, 0.3) is 0 Å². The van der Waals surface area contributed by atoms with Gasteiger partial charge < -0.3 is 10.1 Å². The van der Waals surface area contributed by atoms with Gasteiger partial charge in [0.05, 0.1) is 6.21 Å². The number of rotatable bonds is 3. The van der Waals surface area contributed by atoms with Crippen LogP contribution in [0.4, 0.5) is 0 Å². The summed E-state index contributed by atoms with van der Waals surface area (Å²) in [6, 6.07) is 0. The summed E-state index contributed by atoms with van der Waals surface area (Å²) >= 11 is 0. The fourth-order valence-corrected chi connectivity index (χ4v) is 1.46. The molecule has 18 heavy (non-hydrogen) atoms. The van der Waals surface area contributed by atoms with E-state index in [4.69, 9.17) is 5.21 Å². The van der Waals surface area contributed by atoms with Crippen molar-refractivity contribution < 1.29 is 22.3 Å². The monoisotopic (exact) mass is 286 g/mol. The van der Waals surface area contributed by atoms with Crippen molar-refractivity contribution >= 4 is 6.21 Å². The molecule has 1 N–H and O–H groups in total. The van der Waals surface area contributed by atoms with Crippen LogP contribution in [0.1, 0.15) is 0 Å². The molecule has 0 aromatic carbocycles. The molecule has 0 spiro atoms. The Kier molecular flexibility index (Phi) is 10.8. The van der Waals surface area contributed by atoms with E-state index in [-0.39, 0.29) is 17.1 Å². The van der Waals surface area contributed by atoms with Crippen LogP contribution >= 0.6 is 0 Å². The summed E-state index contributed by atoms with van der Waals surface area (Å²) in [5.74, 6) is 2.16. The van der Waals surface area contributed by atoms with Crippen LogP contribution in [0.15, 0.2) is 5.16 Å². The zero-order valence-corrected chi connectivity index (χ0v) is 11.7. The van der Waals surface area contributed by atoms with Crippen LogP contribution in [-0.2, 0) is 17.1 Å². The molecule has 4 heteroatoms. The van der Waals surface area contributed by atoms with Gasteiger partial charge in [-0.15, -0.1) is 5.16 Å². The molecule has 0 aromatic rings. The molecule has 2 fully saturated rings. The van der Waals surface area contributed by atoms with Crippen molar-refractivity contribution in [2.75, 3.05) is 20.6 Å². The standard InChI is InChI=1S/C9H13N2O.C5H5.Fe/c1-11(2)7-9-5-3-4-8(9)6-10-12;1-2-4-5-3-1;/h3-6,12H,7H2,1-2H3;1-5H;/q;;+2/b10-6+;;. The molecule has 2 rings (SSSR count). The normalized spacial score (nSPS) is 21.1. The molecule has 2 aliphatic carbocycles. The summed E-state index contributed by atoms with van der Waals surface area (Å²) < 4.78 is 0. The molecule has 0 aromatic heterocycles. The molecule has 3 nitrogen and oxygen atoms in total. The zero-order valence-electron chi connectivity index (χ0n) is 10.6. The third-order valence-electron chi connectivity index (χ3n) is 2.18. The van der Waals surface area contributed by atoms with Crippen LogP contribution in [0.25, 0.3) is 0 Å². The van der Waals surface area contributed by atoms with Gasteiger partial charge in [-0.3, -0.25) is 0 Å². The maximum Gasteiger partial charge on any atom is 2.00 e. The minimum atomic E-state index is 0. The summed E-state index contributed by atoms with van der Waals surface area (Å²) in [5.41, 5.74) is 0. The molecule has 0 heterocycles. The first-order valence-corrected chi connectivity index (χ1v) is 5.47. The second-order valence-corrected chi connectivity index (χ2v) is 3.95. The van der Waals surface area contributed by atoms with E-state index in [9.17, 15) is 0 Å². The molecule has 0 unspecified atom stereocenters. The fraction of sp³-hybridized carbons (Fsp3) is 0.214. The molecule has 10 radical (unpaired) electrons. The van der Waals surface area contributed by atoms with E-state index in [0.29, 0.717) is 0 Å². The Bertz CT molecular complexity index is 210. The Morgan fingerprint density at radius 2 is 1.61 bits per heavy atom. The third-order valence-corrected chi connectivity index (χ3v) is 2.18. The summed E-state index contributed by atoms with van der Waals surface area (Å²) in [7, 11) is 4.01. The van der Waals surface area contributed by atoms with Gasteiger partial charge in [0.1, 0.15) is 0 Å². The van der Waals surface area contributed by atoms with Gasteiger partial charge >= 0.3 is 17.1 Å². The quantitative estimate of drug-likeness (QED) is 0.372. The molecule has 2 aliphatic rings. The minimum absolute atomic E-state index is 0. The van der Waals surface area contributed by atoms with Gasteiger partial charge in [-0.1, -0.05) is 0 Å². The predicted octanol–water partition coefficient (Wildman–Crippen LogP) is 1.80. The van der Waals surface area contributed by atoms with Gasteiger partial charge in [0.2, 0.25) is 0 Å². The molecular weight excluding hydrogens is 268 g/mol. The van der Waals surface area contributed by atoms with Crippen molar-refractivity contribution in [3.63, 3.8) is 0 Å². The number of oxime groups is 1. The maximum atomic E-state index is 8.35. The zero-order chi connectivity index (χ0) is 12.5. The molecular formula is C14H18FeN2O+2. The Balaban J connectivity index is 0.000000405. The van der Waals surface area contributed by atoms with Gasteiger partial charge in [-0.2, -0.15) is 0 Å². The summed E-state index contributed by atoms with van der Waals surface area (Å²) in [6.07, 6.45) is 17.4. The van der Waals surface area contributed by atoms with E-state index < -0.39 is 0 Å². The number of hydrogen-bond acceptors (Lipinski definition) is 3. The van der Waals surface area contributed by atoms with Crippen molar-refractivity contribution in [1.29, 1.82) is 0 Å². The summed E-state index contributed by atoms with van der Waals surface area (Å²) in [6.45, 7) is 0.869.